The predicted octanol–water partition coefficient (Wildman–Crippen LogP) is 3.25. The largest absolute Gasteiger partial charge is 0.416 e. The summed E-state index contributed by atoms with van der Waals surface area (Å²) in [5, 5.41) is 0. The van der Waals surface area contributed by atoms with Gasteiger partial charge in [0.2, 0.25) is 0 Å². The summed E-state index contributed by atoms with van der Waals surface area (Å²) in [6.07, 6.45) is -4.21. The van der Waals surface area contributed by atoms with Gasteiger partial charge < -0.3 is 0 Å². The van der Waals surface area contributed by atoms with Gasteiger partial charge in [-0.25, -0.2) is 0 Å². The summed E-state index contributed by atoms with van der Waals surface area (Å²) in [4.78, 5) is 22.1. The first-order valence-electron chi connectivity index (χ1n) is 4.57. The van der Waals surface area contributed by atoms with Crippen molar-refractivity contribution in [2.24, 2.45) is 0 Å². The number of halogens is 4. The normalized spacial score (nSPS) is 11.4. The lowest BCUT2D eigenvalue weighted by Crippen LogP contribution is -2.12. The number of rotatable bonds is 3. The Balaban J connectivity index is 3.50. The van der Waals surface area contributed by atoms with Crippen LogP contribution in [0.25, 0.3) is 0 Å². The van der Waals surface area contributed by atoms with Crippen molar-refractivity contribution < 1.29 is 22.8 Å². The molecular formula is C11H8ClF3O2. The molecule has 0 unspecified atom stereocenters. The third-order valence-electron chi connectivity index (χ3n) is 2.25. The fourth-order valence-electron chi connectivity index (χ4n) is 1.42. The summed E-state index contributed by atoms with van der Waals surface area (Å²) < 4.78 is 37.6. The van der Waals surface area contributed by atoms with Gasteiger partial charge in [0, 0.05) is 11.1 Å². The van der Waals surface area contributed by atoms with Crippen molar-refractivity contribution in [3.63, 3.8) is 0 Å². The van der Waals surface area contributed by atoms with Gasteiger partial charge in [-0.3, -0.25) is 9.59 Å². The lowest BCUT2D eigenvalue weighted by Gasteiger charge is -2.12. The number of alkyl halides is 4. The summed E-state index contributed by atoms with van der Waals surface area (Å²) in [5.74, 6) is -1.18. The van der Waals surface area contributed by atoms with Crippen LogP contribution >= 0.6 is 11.6 Å². The number of Topliss-reactive ketones (excluding diaryl/α,β-unsaturated/α-hetero) is 1. The van der Waals surface area contributed by atoms with Crippen molar-refractivity contribution in [2.45, 2.75) is 13.1 Å². The second-order valence-electron chi connectivity index (χ2n) is 3.43. The minimum atomic E-state index is -4.56. The van der Waals surface area contributed by atoms with Crippen LogP contribution in [0.15, 0.2) is 12.1 Å². The van der Waals surface area contributed by atoms with Gasteiger partial charge in [-0.1, -0.05) is 0 Å². The first-order chi connectivity index (χ1) is 7.81. The van der Waals surface area contributed by atoms with Crippen LogP contribution in [-0.4, -0.2) is 17.9 Å². The number of carbonyl (C=O) groups is 2. The van der Waals surface area contributed by atoms with E-state index in [1.54, 1.807) is 0 Å². The Hall–Kier alpha value is -1.36. The van der Waals surface area contributed by atoms with E-state index in [1.165, 1.54) is 6.92 Å². The van der Waals surface area contributed by atoms with Crippen LogP contribution in [0.1, 0.15) is 31.8 Å². The molecule has 2 nitrogen and oxygen atoms in total. The van der Waals surface area contributed by atoms with Crippen LogP contribution in [0.4, 0.5) is 13.2 Å². The lowest BCUT2D eigenvalue weighted by molar-refractivity contribution is -0.137. The molecule has 0 fully saturated rings. The van der Waals surface area contributed by atoms with Gasteiger partial charge in [-0.15, -0.1) is 11.6 Å². The molecule has 0 aromatic heterocycles. The van der Waals surface area contributed by atoms with Crippen LogP contribution in [-0.2, 0) is 6.18 Å². The van der Waals surface area contributed by atoms with E-state index >= 15 is 0 Å². The van der Waals surface area contributed by atoms with Gasteiger partial charge in [0.15, 0.2) is 12.1 Å². The first-order valence-corrected chi connectivity index (χ1v) is 5.11. The Labute approximate surface area is 100 Å². The van der Waals surface area contributed by atoms with Gasteiger partial charge in [-0.2, -0.15) is 13.2 Å². The van der Waals surface area contributed by atoms with E-state index in [2.05, 4.69) is 0 Å². The lowest BCUT2D eigenvalue weighted by atomic mass is 9.97. The minimum absolute atomic E-state index is 0.0522. The third kappa shape index (κ3) is 2.85. The number of ketones is 1. The maximum Gasteiger partial charge on any atom is 0.416 e. The van der Waals surface area contributed by atoms with Gasteiger partial charge >= 0.3 is 6.18 Å². The number of carbonyl (C=O) groups excluding carboxylic acids is 2. The average Bonchev–Trinajstić information content (AvgIpc) is 2.25. The van der Waals surface area contributed by atoms with Crippen LogP contribution in [0.2, 0.25) is 0 Å². The molecule has 0 N–H and O–H groups in total. The minimum Gasteiger partial charge on any atom is -0.298 e. The molecule has 0 saturated heterocycles. The average molecular weight is 265 g/mol. The number of aldehydes is 1. The molecule has 1 rings (SSSR count). The molecule has 0 amide bonds. The maximum absolute atomic E-state index is 12.5. The number of hydrogen-bond acceptors (Lipinski definition) is 2. The Kier molecular flexibility index (Phi) is 3.93. The molecule has 0 aliphatic carbocycles. The molecule has 0 atom stereocenters. The van der Waals surface area contributed by atoms with E-state index in [0.29, 0.717) is 12.4 Å². The zero-order valence-corrected chi connectivity index (χ0v) is 9.52. The molecular weight excluding hydrogens is 257 g/mol. The van der Waals surface area contributed by atoms with Crippen molar-refractivity contribution in [1.29, 1.82) is 0 Å². The van der Waals surface area contributed by atoms with E-state index in [-0.39, 0.29) is 16.7 Å². The SMILES string of the molecule is Cc1cc(C(F)(F)F)cc(C(=O)CCl)c1C=O. The topological polar surface area (TPSA) is 34.1 Å². The summed E-state index contributed by atoms with van der Waals surface area (Å²) in [7, 11) is 0. The van der Waals surface area contributed by atoms with Crippen LogP contribution in [0.5, 0.6) is 0 Å². The van der Waals surface area contributed by atoms with Gasteiger partial charge in [0.25, 0.3) is 0 Å². The van der Waals surface area contributed by atoms with Crippen LogP contribution in [0, 0.1) is 6.92 Å². The second kappa shape index (κ2) is 4.87. The molecule has 6 heteroatoms. The maximum atomic E-state index is 12.5. The highest BCUT2D eigenvalue weighted by Crippen LogP contribution is 2.32. The van der Waals surface area contributed by atoms with Crippen molar-refractivity contribution in [3.8, 4) is 0 Å². The smallest absolute Gasteiger partial charge is 0.298 e. The molecule has 1 aromatic carbocycles. The van der Waals surface area contributed by atoms with E-state index in [4.69, 9.17) is 11.6 Å². The monoisotopic (exact) mass is 264 g/mol. The zero-order chi connectivity index (χ0) is 13.2. The number of benzene rings is 1. The standard InChI is InChI=1S/C11H8ClF3O2/c1-6-2-7(11(13,14)15)3-8(9(6)5-16)10(17)4-12/h2-3,5H,4H2,1H3. The summed E-state index contributed by atoms with van der Waals surface area (Å²) >= 11 is 5.29. The first kappa shape index (κ1) is 13.7. The summed E-state index contributed by atoms with van der Waals surface area (Å²) in [6, 6.07) is 1.48. The van der Waals surface area contributed by atoms with E-state index in [9.17, 15) is 22.8 Å². The molecule has 0 bridgehead atoms. The predicted molar refractivity (Wildman–Crippen MR) is 56.6 cm³/mol. The Morgan fingerprint density at radius 1 is 1.41 bits per heavy atom. The second-order valence-corrected chi connectivity index (χ2v) is 3.69. The fraction of sp³-hybridized carbons (Fsp3) is 0.273. The van der Waals surface area contributed by atoms with E-state index in [0.717, 1.165) is 6.07 Å². The van der Waals surface area contributed by atoms with Gasteiger partial charge in [0.05, 0.1) is 11.4 Å². The van der Waals surface area contributed by atoms with Crippen molar-refractivity contribution in [2.75, 3.05) is 5.88 Å². The number of aryl methyl sites for hydroxylation is 1. The Morgan fingerprint density at radius 3 is 2.41 bits per heavy atom. The quantitative estimate of drug-likeness (QED) is 0.477. The summed E-state index contributed by atoms with van der Waals surface area (Å²) in [5.41, 5.74) is -1.21. The Morgan fingerprint density at radius 2 is 2.00 bits per heavy atom. The molecule has 0 heterocycles. The summed E-state index contributed by atoms with van der Waals surface area (Å²) in [6.45, 7) is 1.34. The van der Waals surface area contributed by atoms with Gasteiger partial charge in [-0.05, 0) is 24.6 Å². The molecule has 0 spiro atoms. The third-order valence-corrected chi connectivity index (χ3v) is 2.50. The zero-order valence-electron chi connectivity index (χ0n) is 8.77. The molecule has 17 heavy (non-hydrogen) atoms. The van der Waals surface area contributed by atoms with E-state index in [1.807, 2.05) is 0 Å². The molecule has 92 valence electrons. The van der Waals surface area contributed by atoms with Crippen molar-refractivity contribution >= 4 is 23.7 Å². The highest BCUT2D eigenvalue weighted by Gasteiger charge is 2.32. The van der Waals surface area contributed by atoms with Crippen LogP contribution < -0.4 is 0 Å². The molecule has 0 aliphatic heterocycles. The Bertz CT molecular complexity index is 467. The molecule has 1 aromatic rings. The highest BCUT2D eigenvalue weighted by atomic mass is 35.5. The van der Waals surface area contributed by atoms with Crippen molar-refractivity contribution in [1.82, 2.24) is 0 Å². The van der Waals surface area contributed by atoms with Crippen molar-refractivity contribution in [3.05, 3.63) is 34.4 Å². The molecule has 0 saturated carbocycles. The highest BCUT2D eigenvalue weighted by molar-refractivity contribution is 6.31. The van der Waals surface area contributed by atoms with E-state index < -0.39 is 23.4 Å². The molecule has 0 radical (unpaired) electrons. The van der Waals surface area contributed by atoms with Gasteiger partial charge in [0.1, 0.15) is 0 Å². The fourth-order valence-corrected chi connectivity index (χ4v) is 1.57. The van der Waals surface area contributed by atoms with Crippen LogP contribution in [0.3, 0.4) is 0 Å². The molecule has 0 aliphatic rings. The number of hydrogen-bond donors (Lipinski definition) is 0.